The Morgan fingerprint density at radius 2 is 1.14 bits per heavy atom. The number of cyclic esters (lactones) is 2. The van der Waals surface area contributed by atoms with Crippen LogP contribution in [0.3, 0.4) is 0 Å². The molecule has 9 amide bonds. The molecule has 780 valence electrons. The maximum absolute atomic E-state index is 16.3. The van der Waals surface area contributed by atoms with Crippen LogP contribution in [0.4, 0.5) is 11.4 Å². The average Bonchev–Trinajstić information content (AvgIpc) is 1.70. The fourth-order valence-electron chi connectivity index (χ4n) is 24.3. The smallest absolute Gasteiger partial charge is 0.329 e. The molecule has 6 fully saturated rings. The van der Waals surface area contributed by atoms with Crippen LogP contribution in [0.2, 0.25) is 0 Å². The fraction of sp³-hybridized carbons (Fsp3) is 0.587. The molecule has 0 unspecified atom stereocenters. The van der Waals surface area contributed by atoms with Crippen molar-refractivity contribution in [2.45, 2.75) is 311 Å². The number of amides is 9. The third-order valence-corrected chi connectivity index (χ3v) is 34.1. The number of hydrazine groups is 1. The summed E-state index contributed by atoms with van der Waals surface area (Å²) in [5, 5.41) is 81.4. The van der Waals surface area contributed by atoms with Crippen LogP contribution in [0.1, 0.15) is 211 Å². The van der Waals surface area contributed by atoms with Crippen molar-refractivity contribution in [2.75, 3.05) is 56.0 Å². The molecule has 12 heterocycles. The highest BCUT2D eigenvalue weighted by Gasteiger charge is 2.64. The summed E-state index contributed by atoms with van der Waals surface area (Å²) in [4.78, 5) is 188. The third kappa shape index (κ3) is 18.9. The minimum Gasteiger partial charge on any atom is -0.455 e. The van der Waals surface area contributed by atoms with Crippen molar-refractivity contribution >= 4 is 108 Å². The summed E-state index contributed by atoms with van der Waals surface area (Å²) in [7, 11) is -10.5. The molecule has 1 aliphatic carbocycles. The molecule has 18 rings (SSSR count). The highest BCUT2D eigenvalue weighted by molar-refractivity contribution is 7.89. The lowest BCUT2D eigenvalue weighted by Crippen LogP contribution is -2.65. The summed E-state index contributed by atoms with van der Waals surface area (Å²) in [5.41, 5.74) is 5.88. The van der Waals surface area contributed by atoms with Crippen molar-refractivity contribution in [1.29, 1.82) is 0 Å². The Morgan fingerprint density at radius 3 is 1.79 bits per heavy atom. The number of carbonyl (C=O) groups excluding carboxylic acids is 12. The molecule has 41 heteroatoms. The number of fused-ring (bicyclic) bond motifs is 16. The molecule has 0 bridgehead atoms. The van der Waals surface area contributed by atoms with E-state index < -0.39 is 265 Å². The van der Waals surface area contributed by atoms with Crippen molar-refractivity contribution in [1.82, 2.24) is 61.0 Å². The summed E-state index contributed by atoms with van der Waals surface area (Å²) < 4.78 is 95.2. The molecule has 39 nitrogen and oxygen atoms in total. The van der Waals surface area contributed by atoms with Crippen LogP contribution in [-0.2, 0) is 130 Å². The number of esters is 2. The van der Waals surface area contributed by atoms with Gasteiger partial charge in [-0.1, -0.05) is 100 Å². The van der Waals surface area contributed by atoms with E-state index in [0.717, 1.165) is 119 Å². The van der Waals surface area contributed by atoms with Gasteiger partial charge in [0.2, 0.25) is 56.7 Å². The van der Waals surface area contributed by atoms with E-state index in [1.807, 2.05) is 19.1 Å². The number of ketones is 1. The van der Waals surface area contributed by atoms with Gasteiger partial charge in [-0.05, 0) is 184 Å². The van der Waals surface area contributed by atoms with Crippen LogP contribution in [0.5, 0.6) is 11.5 Å². The number of nitrogens with zero attached hydrogens (tertiary/aromatic N) is 6. The Morgan fingerprint density at radius 1 is 0.545 bits per heavy atom. The van der Waals surface area contributed by atoms with E-state index in [1.165, 1.54) is 17.9 Å². The van der Waals surface area contributed by atoms with Crippen LogP contribution in [0.25, 0.3) is 16.7 Å². The second kappa shape index (κ2) is 39.7. The number of ether oxygens (including phenoxy) is 3. The highest BCUT2D eigenvalue weighted by Crippen LogP contribution is 2.55. The fourth-order valence-corrected chi connectivity index (χ4v) is 26.2. The van der Waals surface area contributed by atoms with E-state index in [1.54, 1.807) is 106 Å². The monoisotopic (exact) mass is 2040 g/mol. The van der Waals surface area contributed by atoms with E-state index in [-0.39, 0.29) is 73.0 Å². The van der Waals surface area contributed by atoms with Crippen molar-refractivity contribution < 1.29 is 119 Å². The van der Waals surface area contributed by atoms with Crippen LogP contribution in [0, 0.1) is 41.4 Å². The van der Waals surface area contributed by atoms with E-state index in [2.05, 4.69) is 51.5 Å². The normalized spacial score (nSPS) is 30.1. The second-order valence-electron chi connectivity index (χ2n) is 43.8. The molecule has 13 aliphatic rings. The largest absolute Gasteiger partial charge is 0.455 e. The molecule has 5 aromatic carbocycles. The average molecular weight is 2040 g/mol. The highest BCUT2D eigenvalue weighted by atomic mass is 32.2. The lowest BCUT2D eigenvalue weighted by atomic mass is 9.82. The molecule has 6 saturated heterocycles. The maximum Gasteiger partial charge on any atom is 0.329 e. The molecule has 145 heavy (non-hydrogen) atoms. The second-order valence-corrected chi connectivity index (χ2v) is 47.0. The van der Waals surface area contributed by atoms with Crippen LogP contribution < -0.4 is 66.8 Å². The molecule has 20 atom stereocenters. The lowest BCUT2D eigenvalue weighted by molar-refractivity contribution is -0.172. The van der Waals surface area contributed by atoms with Gasteiger partial charge in [-0.15, -0.1) is 0 Å². The number of β-amino-alcohol motifs (C(OH)–C–C–N with tert-alkyl or cyclic N) is 1. The number of anilines is 2. The minimum atomic E-state index is -5.38. The zero-order valence-corrected chi connectivity index (χ0v) is 85.5. The number of carbonyl (C=O) groups is 12. The predicted octanol–water partition coefficient (Wildman–Crippen LogP) is 1.64. The molecule has 0 saturated carbocycles. The number of sulfonamides is 1. The first-order chi connectivity index (χ1) is 68.5. The van der Waals surface area contributed by atoms with Crippen molar-refractivity contribution in [3.8, 4) is 22.6 Å². The van der Waals surface area contributed by atoms with Crippen molar-refractivity contribution in [2.24, 2.45) is 41.4 Å². The van der Waals surface area contributed by atoms with Gasteiger partial charge in [-0.2, -0.15) is 8.42 Å². The van der Waals surface area contributed by atoms with Gasteiger partial charge in [0.05, 0.1) is 46.8 Å². The van der Waals surface area contributed by atoms with Crippen molar-refractivity contribution in [3.05, 3.63) is 127 Å². The standard InChI is InChI=1S/C104H132N14O25S2/c1-48(2)34-72-78(122)43-66(54(12)119)96(128)116-76(94(126)110-83(50(5)6)101(133)143-88(52(9)10)99(131)118-75(93(125)107-72)41-61(121)46-105-118)44-103(134)69-38-56(22-23-58(69)40-80(103)116)57-24-27-71-70(39-57)104(135)45-77-95(127)111-82(49(3)4)100(132)142-87(51(7)8)98(130)115-33-28-53(11)35-74(115)92(124)108-73(91(123)112-84(55(13)120)97(129)117(77)102(104)109-71)47-106-144(136,137)62-25-26-63(79(42-62)145(138,139)140)81-67-36-59-18-14-29-113-31-16-20-64(85(59)113)89(67)141-90-65-21-17-32-114-30-15-19-60(86(65)114)37-68(81)90/h22-27,36-39,42,48-55,61,66,72-77,80,82-84,87-88,102,105-106,109,119-121,134-135H,14-21,28-35,40-41,43-47H2,1-13H3,(H5-,107,108,110,111,112,123,124,125,126,127,138,139,140)/p+1/t53-,54-,55-,61+,66+,72-,73-,74+,75+,76-,77-,80+,82+,83+,84+,87-,88-,102-,103+,104+/m0/s1. The van der Waals surface area contributed by atoms with E-state index in [4.69, 9.17) is 14.2 Å². The minimum absolute atomic E-state index is 0.00994. The molecule has 0 radical (unpaired) electrons. The van der Waals surface area contributed by atoms with Gasteiger partial charge >= 0.3 is 11.9 Å². The summed E-state index contributed by atoms with van der Waals surface area (Å²) in [5.74, 6) is -16.2. The van der Waals surface area contributed by atoms with E-state index >= 15 is 46.8 Å². The molecular weight excluding hydrogens is 1910 g/mol. The Bertz CT molecular complexity index is 6560. The molecule has 0 spiro atoms. The first kappa shape index (κ1) is 104. The Kier molecular flexibility index (Phi) is 28.3. The van der Waals surface area contributed by atoms with Gasteiger partial charge in [0.25, 0.3) is 21.9 Å². The number of aliphatic hydroxyl groups excluding tert-OH is 3. The summed E-state index contributed by atoms with van der Waals surface area (Å²) in [6, 6.07) is 0.572. The predicted molar refractivity (Wildman–Crippen MR) is 525 cm³/mol. The number of aliphatic hydroxyl groups is 5. The number of hydrogen-bond acceptors (Lipinski definition) is 27. The summed E-state index contributed by atoms with van der Waals surface area (Å²) >= 11 is 0. The summed E-state index contributed by atoms with van der Waals surface area (Å²) in [6.45, 7) is 22.5. The van der Waals surface area contributed by atoms with Gasteiger partial charge in [-0.25, -0.2) is 32.7 Å². The number of piperidine rings is 1. The Labute approximate surface area is 841 Å². The number of nitrogens with one attached hydrogen (secondary N) is 8. The Hall–Kier alpha value is -11.4. The van der Waals surface area contributed by atoms with Gasteiger partial charge in [-0.3, -0.25) is 57.5 Å². The number of Topliss-reactive ketones (excluding diaryl/α,β-unsaturated/α-hetero) is 1. The maximum atomic E-state index is 16.3. The molecule has 0 aromatic heterocycles. The molecule has 12 aliphatic heterocycles. The number of benzene rings is 5. The van der Waals surface area contributed by atoms with Crippen molar-refractivity contribution in [3.63, 3.8) is 0 Å². The zero-order valence-electron chi connectivity index (χ0n) is 83.8. The van der Waals surface area contributed by atoms with E-state index in [0.29, 0.717) is 76.6 Å². The quantitative estimate of drug-likeness (QED) is 0.0395. The first-order valence-corrected chi connectivity index (χ1v) is 54.0. The van der Waals surface area contributed by atoms with E-state index in [9.17, 15) is 57.7 Å². The Balaban J connectivity index is 0.678. The van der Waals surface area contributed by atoms with Gasteiger partial charge in [0, 0.05) is 121 Å². The van der Waals surface area contributed by atoms with Crippen LogP contribution in [-0.4, -0.2) is 280 Å². The van der Waals surface area contributed by atoms with Gasteiger partial charge in [0.1, 0.15) is 95.2 Å². The topological polar surface area (TPSA) is 538 Å². The lowest BCUT2D eigenvalue weighted by Gasteiger charge is -2.40. The number of aryl methyl sites for hydroxylation is 2. The van der Waals surface area contributed by atoms with Gasteiger partial charge < -0.3 is 91.2 Å². The first-order valence-electron chi connectivity index (χ1n) is 51.1. The van der Waals surface area contributed by atoms with Crippen LogP contribution in [0.15, 0.2) is 76.5 Å². The molecule has 5 aromatic rings. The summed E-state index contributed by atoms with van der Waals surface area (Å²) in [6.07, 6.45) is -5.61. The van der Waals surface area contributed by atoms with Crippen LogP contribution >= 0.6 is 0 Å². The molecular formula is C104H133N14O25S2+. The SMILES string of the molecule is CC(C)C[C@@H]1NC(=O)[C@H]2C[C@@H](O)CNN2C(=O)[C@H](C(C)C)OC(=O)[C@@H](C(C)C)NC(=O)[C@@H]2C[C@@]3(O)c4cc(-c5ccc6c(c5)[C@]5(O)C[C@H]7C(=O)N[C@H](C(C)C)C(=O)O[C@@H](C(C)C)C(=O)N8CC[C@H](C)C[C@@H]8C(=O)N[C@@H](CNS(=O)(=O)c8ccc(C9=c%10cc%11c%12c(c%10Oc%10c9cc9c%13c%10CCCN%13CCC9)CCC[N+]=%12CCC%11)c(S(=O)(=O)O)c8)C(=O)N[C@H]([C@H](C)O)C(=O)N7[C@@H]5N6)ccc4C[C@H]3N2C(=O)[C@@H]([C@H](C)O)CC1=O. The number of hydrogen-bond donors (Lipinski definition) is 14. The van der Waals surface area contributed by atoms with Gasteiger partial charge in [0.15, 0.2) is 18.0 Å². The molecule has 14 N–H and O–H groups in total. The number of rotatable bonds is 15. The third-order valence-electron chi connectivity index (χ3n) is 31.8. The zero-order chi connectivity index (χ0) is 104.